The lowest BCUT2D eigenvalue weighted by molar-refractivity contribution is 0.0688. The topological polar surface area (TPSA) is 79.7 Å². The van der Waals surface area contributed by atoms with E-state index in [9.17, 15) is 18.0 Å². The van der Waals surface area contributed by atoms with Crippen LogP contribution in [0.25, 0.3) is 10.9 Å². The minimum Gasteiger partial charge on any atom is -0.350 e. The number of nitrogens with zero attached hydrogens (tertiary/aromatic N) is 3. The zero-order chi connectivity index (χ0) is 27.0. The van der Waals surface area contributed by atoms with E-state index in [0.717, 1.165) is 25.7 Å². The third-order valence-electron chi connectivity index (χ3n) is 8.13. The first kappa shape index (κ1) is 26.6. The van der Waals surface area contributed by atoms with Gasteiger partial charge in [-0.05, 0) is 67.2 Å². The van der Waals surface area contributed by atoms with E-state index in [-0.39, 0.29) is 33.6 Å². The van der Waals surface area contributed by atoms with Crippen LogP contribution in [0.3, 0.4) is 0 Å². The number of aryl methyl sites for hydroxylation is 1. The number of hydrogen-bond acceptors (Lipinski definition) is 4. The van der Waals surface area contributed by atoms with Gasteiger partial charge in [-0.1, -0.05) is 44.2 Å². The van der Waals surface area contributed by atoms with Crippen LogP contribution in [0.5, 0.6) is 0 Å². The SMILES string of the molecule is C[C@H]1C[C@H](C)CN(S(=O)(=O)c2ccc3c(c2)c(=O)c(C(=O)N2CCC(Cc4ccccc4)CC2)cn3C)C1. The summed E-state index contributed by atoms with van der Waals surface area (Å²) in [7, 11) is -1.96. The maximum atomic E-state index is 13.6. The third kappa shape index (κ3) is 5.29. The van der Waals surface area contributed by atoms with E-state index in [2.05, 4.69) is 26.0 Å². The smallest absolute Gasteiger partial charge is 0.259 e. The number of amides is 1. The summed E-state index contributed by atoms with van der Waals surface area (Å²) in [5.74, 6) is 0.789. The second kappa shape index (κ2) is 10.7. The maximum Gasteiger partial charge on any atom is 0.259 e. The van der Waals surface area contributed by atoms with Gasteiger partial charge in [-0.3, -0.25) is 9.59 Å². The molecule has 38 heavy (non-hydrogen) atoms. The fourth-order valence-electron chi connectivity index (χ4n) is 6.19. The predicted octanol–water partition coefficient (Wildman–Crippen LogP) is 4.30. The highest BCUT2D eigenvalue weighted by molar-refractivity contribution is 7.89. The van der Waals surface area contributed by atoms with Crippen LogP contribution in [0.4, 0.5) is 0 Å². The Morgan fingerprint density at radius 1 is 0.974 bits per heavy atom. The van der Waals surface area contributed by atoms with Crippen molar-refractivity contribution in [2.45, 2.75) is 44.4 Å². The predicted molar refractivity (Wildman–Crippen MR) is 150 cm³/mol. The number of fused-ring (bicyclic) bond motifs is 1. The largest absolute Gasteiger partial charge is 0.350 e. The minimum absolute atomic E-state index is 0.0938. The second-order valence-corrected chi connectivity index (χ2v) is 13.3. The van der Waals surface area contributed by atoms with Crippen LogP contribution in [-0.4, -0.2) is 54.3 Å². The molecule has 5 rings (SSSR count). The van der Waals surface area contributed by atoms with E-state index < -0.39 is 15.5 Å². The number of sulfonamides is 1. The van der Waals surface area contributed by atoms with E-state index in [1.54, 1.807) is 34.8 Å². The molecule has 2 fully saturated rings. The number of benzene rings is 2. The Balaban J connectivity index is 1.39. The minimum atomic E-state index is -3.74. The molecular formula is C30H37N3O4S. The second-order valence-electron chi connectivity index (χ2n) is 11.4. The van der Waals surface area contributed by atoms with Crippen LogP contribution in [0, 0.1) is 17.8 Å². The number of carbonyl (C=O) groups excluding carboxylic acids is 1. The van der Waals surface area contributed by atoms with Gasteiger partial charge in [-0.25, -0.2) is 8.42 Å². The molecule has 2 atom stereocenters. The van der Waals surface area contributed by atoms with Crippen LogP contribution >= 0.6 is 0 Å². The van der Waals surface area contributed by atoms with Crippen molar-refractivity contribution >= 4 is 26.8 Å². The normalized spacial score (nSPS) is 21.6. The van der Waals surface area contributed by atoms with Gasteiger partial charge in [0.15, 0.2) is 0 Å². The molecule has 0 bridgehead atoms. The summed E-state index contributed by atoms with van der Waals surface area (Å²) in [6, 6.07) is 15.1. The van der Waals surface area contributed by atoms with Gasteiger partial charge in [0.05, 0.1) is 10.4 Å². The molecule has 3 aromatic rings. The van der Waals surface area contributed by atoms with Crippen molar-refractivity contribution in [3.8, 4) is 0 Å². The van der Waals surface area contributed by atoms with Crippen LogP contribution < -0.4 is 5.43 Å². The molecule has 0 radical (unpaired) electrons. The van der Waals surface area contributed by atoms with Crippen molar-refractivity contribution in [1.82, 2.24) is 13.8 Å². The number of likely N-dealkylation sites (tertiary alicyclic amines) is 1. The van der Waals surface area contributed by atoms with Crippen molar-refractivity contribution in [2.75, 3.05) is 26.2 Å². The van der Waals surface area contributed by atoms with Gasteiger partial charge in [-0.2, -0.15) is 4.31 Å². The number of piperidine rings is 2. The summed E-state index contributed by atoms with van der Waals surface area (Å²) in [6.45, 7) is 6.30. The van der Waals surface area contributed by atoms with E-state index in [0.29, 0.717) is 37.6 Å². The molecule has 7 nitrogen and oxygen atoms in total. The fraction of sp³-hybridized carbons (Fsp3) is 0.467. The molecule has 2 aliphatic rings. The lowest BCUT2D eigenvalue weighted by Gasteiger charge is -2.34. The summed E-state index contributed by atoms with van der Waals surface area (Å²) >= 11 is 0. The Labute approximate surface area is 225 Å². The number of aromatic nitrogens is 1. The average molecular weight is 536 g/mol. The Hall–Kier alpha value is -2.97. The molecule has 202 valence electrons. The van der Waals surface area contributed by atoms with Crippen LogP contribution in [0.2, 0.25) is 0 Å². The number of pyridine rings is 1. The Morgan fingerprint density at radius 2 is 1.63 bits per heavy atom. The van der Waals surface area contributed by atoms with E-state index in [4.69, 9.17) is 0 Å². The van der Waals surface area contributed by atoms with Crippen molar-refractivity contribution in [3.63, 3.8) is 0 Å². The third-order valence-corrected chi connectivity index (χ3v) is 9.96. The first-order chi connectivity index (χ1) is 18.1. The van der Waals surface area contributed by atoms with Gasteiger partial charge < -0.3 is 9.47 Å². The number of carbonyl (C=O) groups is 1. The highest BCUT2D eigenvalue weighted by Gasteiger charge is 2.32. The molecule has 0 saturated carbocycles. The molecule has 3 heterocycles. The standard InChI is InChI=1S/C30H37N3O4S/c1-21-15-22(2)19-33(18-21)38(36,37)25-9-10-28-26(17-25)29(34)27(20-31(28)3)30(35)32-13-11-24(12-14-32)16-23-7-5-4-6-8-23/h4-10,17,20-22,24H,11-16,18-19H2,1-3H3/t21-,22-/m0/s1. The molecule has 2 saturated heterocycles. The zero-order valence-electron chi connectivity index (χ0n) is 22.5. The van der Waals surface area contributed by atoms with Crippen LogP contribution in [-0.2, 0) is 23.5 Å². The summed E-state index contributed by atoms with van der Waals surface area (Å²) in [4.78, 5) is 28.9. The van der Waals surface area contributed by atoms with Gasteiger partial charge in [0.2, 0.25) is 15.5 Å². The lowest BCUT2D eigenvalue weighted by Crippen LogP contribution is -2.42. The summed E-state index contributed by atoms with van der Waals surface area (Å²) in [5, 5.41) is 0.261. The molecule has 2 aliphatic heterocycles. The molecule has 2 aromatic carbocycles. The van der Waals surface area contributed by atoms with E-state index >= 15 is 0 Å². The molecule has 0 N–H and O–H groups in total. The van der Waals surface area contributed by atoms with E-state index in [1.807, 2.05) is 18.2 Å². The molecule has 0 aliphatic carbocycles. The summed E-state index contributed by atoms with van der Waals surface area (Å²) < 4.78 is 30.3. The van der Waals surface area contributed by atoms with Gasteiger partial charge in [0, 0.05) is 44.8 Å². The van der Waals surface area contributed by atoms with Gasteiger partial charge >= 0.3 is 0 Å². The number of hydrogen-bond donors (Lipinski definition) is 0. The van der Waals surface area contributed by atoms with Crippen LogP contribution in [0.15, 0.2) is 64.4 Å². The monoisotopic (exact) mass is 535 g/mol. The average Bonchev–Trinajstić information content (AvgIpc) is 2.90. The Morgan fingerprint density at radius 3 is 2.29 bits per heavy atom. The Bertz CT molecular complexity index is 1480. The fourth-order valence-corrected chi connectivity index (χ4v) is 7.90. The highest BCUT2D eigenvalue weighted by Crippen LogP contribution is 2.28. The Kier molecular flexibility index (Phi) is 7.47. The molecule has 0 unspecified atom stereocenters. The highest BCUT2D eigenvalue weighted by atomic mass is 32.2. The first-order valence-electron chi connectivity index (χ1n) is 13.6. The molecular weight excluding hydrogens is 498 g/mol. The van der Waals surface area contributed by atoms with E-state index in [1.165, 1.54) is 15.9 Å². The van der Waals surface area contributed by atoms with Gasteiger partial charge in [0.25, 0.3) is 5.91 Å². The van der Waals surface area contributed by atoms with Crippen molar-refractivity contribution in [2.24, 2.45) is 24.8 Å². The van der Waals surface area contributed by atoms with Crippen molar-refractivity contribution < 1.29 is 13.2 Å². The molecule has 1 amide bonds. The first-order valence-corrected chi connectivity index (χ1v) is 15.0. The number of rotatable bonds is 5. The zero-order valence-corrected chi connectivity index (χ0v) is 23.3. The van der Waals surface area contributed by atoms with Crippen molar-refractivity contribution in [1.29, 1.82) is 0 Å². The lowest BCUT2D eigenvalue weighted by atomic mass is 9.90. The van der Waals surface area contributed by atoms with Crippen molar-refractivity contribution in [3.05, 3.63) is 76.1 Å². The quantitative estimate of drug-likeness (QED) is 0.488. The van der Waals surface area contributed by atoms with Gasteiger partial charge in [0.1, 0.15) is 5.56 Å². The van der Waals surface area contributed by atoms with Gasteiger partial charge in [-0.15, -0.1) is 0 Å². The summed E-state index contributed by atoms with van der Waals surface area (Å²) in [6.07, 6.45) is 5.37. The summed E-state index contributed by atoms with van der Waals surface area (Å²) in [5.41, 5.74) is 1.59. The maximum absolute atomic E-state index is 13.6. The molecule has 1 aromatic heterocycles. The molecule has 0 spiro atoms. The molecule has 8 heteroatoms. The van der Waals surface area contributed by atoms with Crippen LogP contribution in [0.1, 0.15) is 49.0 Å².